The SMILES string of the molecule is COC(=O)C1=C(C(=O)OC)N(c2c(OC)cccc2C(=O)O)COC1. The number of para-hydroxylation sites is 1. The van der Waals surface area contributed by atoms with Crippen LogP contribution in [-0.4, -0.2) is 57.7 Å². The number of esters is 2. The molecule has 0 radical (unpaired) electrons. The van der Waals surface area contributed by atoms with Crippen molar-refractivity contribution in [2.24, 2.45) is 0 Å². The molecule has 0 saturated carbocycles. The second kappa shape index (κ2) is 7.67. The van der Waals surface area contributed by atoms with Crippen LogP contribution in [0.1, 0.15) is 10.4 Å². The van der Waals surface area contributed by atoms with E-state index in [4.69, 9.17) is 14.2 Å². The molecule has 1 N–H and O–H groups in total. The van der Waals surface area contributed by atoms with E-state index in [-0.39, 0.29) is 41.6 Å². The van der Waals surface area contributed by atoms with Crippen LogP contribution in [0.25, 0.3) is 0 Å². The van der Waals surface area contributed by atoms with Crippen molar-refractivity contribution in [2.75, 3.05) is 39.6 Å². The molecule has 134 valence electrons. The van der Waals surface area contributed by atoms with Crippen molar-refractivity contribution in [1.29, 1.82) is 0 Å². The van der Waals surface area contributed by atoms with E-state index in [1.165, 1.54) is 30.2 Å². The molecule has 25 heavy (non-hydrogen) atoms. The van der Waals surface area contributed by atoms with Gasteiger partial charge in [-0.25, -0.2) is 14.4 Å². The highest BCUT2D eigenvalue weighted by Crippen LogP contribution is 2.37. The summed E-state index contributed by atoms with van der Waals surface area (Å²) < 4.78 is 20.0. The standard InChI is InChI=1S/C16H17NO8/c1-22-11-6-4-5-9(14(18)19)12(11)17-8-25-7-10(15(20)23-2)13(17)16(21)24-3/h4-6H,7-8H2,1-3H3,(H,18,19). The first-order valence-corrected chi connectivity index (χ1v) is 7.11. The summed E-state index contributed by atoms with van der Waals surface area (Å²) in [5, 5.41) is 9.47. The summed E-state index contributed by atoms with van der Waals surface area (Å²) in [7, 11) is 3.67. The van der Waals surface area contributed by atoms with E-state index in [0.29, 0.717) is 0 Å². The van der Waals surface area contributed by atoms with E-state index in [0.717, 1.165) is 14.2 Å². The van der Waals surface area contributed by atoms with E-state index < -0.39 is 17.9 Å². The Kier molecular flexibility index (Phi) is 5.60. The third-order valence-corrected chi connectivity index (χ3v) is 3.55. The summed E-state index contributed by atoms with van der Waals surface area (Å²) in [5.41, 5.74) is -0.301. The number of carboxylic acids is 1. The minimum atomic E-state index is -1.23. The van der Waals surface area contributed by atoms with Gasteiger partial charge in [0.15, 0.2) is 0 Å². The fourth-order valence-corrected chi connectivity index (χ4v) is 2.46. The molecular weight excluding hydrogens is 334 g/mol. The number of benzene rings is 1. The van der Waals surface area contributed by atoms with E-state index in [9.17, 15) is 19.5 Å². The van der Waals surface area contributed by atoms with Gasteiger partial charge in [0, 0.05) is 0 Å². The smallest absolute Gasteiger partial charge is 0.355 e. The predicted molar refractivity (Wildman–Crippen MR) is 84.3 cm³/mol. The lowest BCUT2D eigenvalue weighted by Crippen LogP contribution is -2.39. The fourth-order valence-electron chi connectivity index (χ4n) is 2.46. The first-order valence-electron chi connectivity index (χ1n) is 7.11. The van der Waals surface area contributed by atoms with Gasteiger partial charge in [-0.15, -0.1) is 0 Å². The molecule has 0 fully saturated rings. The number of methoxy groups -OCH3 is 3. The summed E-state index contributed by atoms with van der Waals surface area (Å²) in [4.78, 5) is 37.1. The minimum absolute atomic E-state index is 0.0685. The third-order valence-electron chi connectivity index (χ3n) is 3.55. The molecule has 1 aromatic rings. The van der Waals surface area contributed by atoms with Gasteiger partial charge in [0.05, 0.1) is 39.1 Å². The quantitative estimate of drug-likeness (QED) is 0.769. The molecule has 0 aromatic heterocycles. The Morgan fingerprint density at radius 3 is 2.36 bits per heavy atom. The number of anilines is 1. The first kappa shape index (κ1) is 18.3. The van der Waals surface area contributed by atoms with Crippen molar-refractivity contribution in [3.05, 3.63) is 35.0 Å². The first-order chi connectivity index (χ1) is 12.0. The highest BCUT2D eigenvalue weighted by molar-refractivity contribution is 6.06. The maximum absolute atomic E-state index is 12.3. The predicted octanol–water partition coefficient (Wildman–Crippen LogP) is 0.788. The van der Waals surface area contributed by atoms with Crippen molar-refractivity contribution in [2.45, 2.75) is 0 Å². The van der Waals surface area contributed by atoms with Crippen LogP contribution in [0.15, 0.2) is 29.5 Å². The van der Waals surface area contributed by atoms with Crippen molar-refractivity contribution in [3.63, 3.8) is 0 Å². The number of aromatic carboxylic acids is 1. The molecule has 1 aromatic carbocycles. The second-order valence-electron chi connectivity index (χ2n) is 4.88. The van der Waals surface area contributed by atoms with E-state index in [1.54, 1.807) is 0 Å². The van der Waals surface area contributed by atoms with Crippen LogP contribution in [0.3, 0.4) is 0 Å². The van der Waals surface area contributed by atoms with Gasteiger partial charge in [-0.2, -0.15) is 0 Å². The highest BCUT2D eigenvalue weighted by atomic mass is 16.5. The molecule has 1 aliphatic heterocycles. The Bertz CT molecular complexity index is 740. The van der Waals surface area contributed by atoms with Crippen LogP contribution < -0.4 is 9.64 Å². The normalized spacial score (nSPS) is 14.1. The molecule has 9 nitrogen and oxygen atoms in total. The summed E-state index contributed by atoms with van der Waals surface area (Å²) in [6.45, 7) is -0.350. The molecule has 1 aliphatic rings. The van der Waals surface area contributed by atoms with Gasteiger partial charge in [-0.3, -0.25) is 0 Å². The number of ether oxygens (including phenoxy) is 4. The molecule has 0 atom stereocenters. The van der Waals surface area contributed by atoms with Gasteiger partial charge in [0.25, 0.3) is 0 Å². The van der Waals surface area contributed by atoms with Gasteiger partial charge in [-0.1, -0.05) is 6.07 Å². The van der Waals surface area contributed by atoms with Crippen LogP contribution in [-0.2, 0) is 23.8 Å². The molecule has 0 bridgehead atoms. The Labute approximate surface area is 143 Å². The summed E-state index contributed by atoms with van der Waals surface area (Å²) in [6.07, 6.45) is 0. The van der Waals surface area contributed by atoms with Crippen molar-refractivity contribution in [3.8, 4) is 5.75 Å². The number of hydrogen-bond donors (Lipinski definition) is 1. The van der Waals surface area contributed by atoms with Crippen molar-refractivity contribution < 1.29 is 38.4 Å². The van der Waals surface area contributed by atoms with E-state index >= 15 is 0 Å². The van der Waals surface area contributed by atoms with Crippen LogP contribution in [0.5, 0.6) is 5.75 Å². The number of hydrogen-bond acceptors (Lipinski definition) is 8. The number of carbonyl (C=O) groups is 3. The van der Waals surface area contributed by atoms with Gasteiger partial charge in [0.1, 0.15) is 23.9 Å². The van der Waals surface area contributed by atoms with Crippen molar-refractivity contribution in [1.82, 2.24) is 0 Å². The number of nitrogens with zero attached hydrogens (tertiary/aromatic N) is 1. The summed E-state index contributed by atoms with van der Waals surface area (Å²) in [6, 6.07) is 4.38. The van der Waals surface area contributed by atoms with Crippen LogP contribution >= 0.6 is 0 Å². The average Bonchev–Trinajstić information content (AvgIpc) is 2.65. The third kappa shape index (κ3) is 3.41. The fraction of sp³-hybridized carbons (Fsp3) is 0.312. The van der Waals surface area contributed by atoms with Gasteiger partial charge in [-0.05, 0) is 12.1 Å². The maximum Gasteiger partial charge on any atom is 0.355 e. The lowest BCUT2D eigenvalue weighted by molar-refractivity contribution is -0.140. The molecule has 0 spiro atoms. The lowest BCUT2D eigenvalue weighted by atomic mass is 10.1. The minimum Gasteiger partial charge on any atom is -0.495 e. The molecule has 2 rings (SSSR count). The van der Waals surface area contributed by atoms with Gasteiger partial charge in [0.2, 0.25) is 0 Å². The van der Waals surface area contributed by atoms with Crippen LogP contribution in [0, 0.1) is 0 Å². The largest absolute Gasteiger partial charge is 0.495 e. The van der Waals surface area contributed by atoms with Gasteiger partial charge < -0.3 is 29.0 Å². The topological polar surface area (TPSA) is 112 Å². The monoisotopic (exact) mass is 351 g/mol. The molecule has 0 amide bonds. The molecular formula is C16H17NO8. The molecule has 0 aliphatic carbocycles. The number of carboxylic acid groups (broad SMARTS) is 1. The Balaban J connectivity index is 2.74. The zero-order valence-electron chi connectivity index (χ0n) is 13.9. The highest BCUT2D eigenvalue weighted by Gasteiger charge is 2.35. The van der Waals surface area contributed by atoms with E-state index in [1.807, 2.05) is 0 Å². The lowest BCUT2D eigenvalue weighted by Gasteiger charge is -2.32. The zero-order chi connectivity index (χ0) is 18.6. The molecule has 1 heterocycles. The summed E-state index contributed by atoms with van der Waals surface area (Å²) in [5.74, 6) is -2.65. The Morgan fingerprint density at radius 2 is 1.80 bits per heavy atom. The summed E-state index contributed by atoms with van der Waals surface area (Å²) >= 11 is 0. The number of carbonyl (C=O) groups excluding carboxylic acids is 2. The Morgan fingerprint density at radius 1 is 1.12 bits per heavy atom. The van der Waals surface area contributed by atoms with Crippen LogP contribution in [0.4, 0.5) is 5.69 Å². The van der Waals surface area contributed by atoms with E-state index in [2.05, 4.69) is 4.74 Å². The second-order valence-corrected chi connectivity index (χ2v) is 4.88. The Hall–Kier alpha value is -3.07. The molecule has 0 saturated heterocycles. The average molecular weight is 351 g/mol. The maximum atomic E-state index is 12.3. The zero-order valence-corrected chi connectivity index (χ0v) is 13.9. The molecule has 9 heteroatoms. The number of rotatable bonds is 5. The molecule has 0 unspecified atom stereocenters. The van der Waals surface area contributed by atoms with Crippen molar-refractivity contribution >= 4 is 23.6 Å². The van der Waals surface area contributed by atoms with Gasteiger partial charge >= 0.3 is 17.9 Å². The van der Waals surface area contributed by atoms with Crippen LogP contribution in [0.2, 0.25) is 0 Å².